The summed E-state index contributed by atoms with van der Waals surface area (Å²) in [6.45, 7) is 4.69. The molecule has 4 rings (SSSR count). The van der Waals surface area contributed by atoms with Crippen LogP contribution in [0, 0.1) is 13.8 Å². The van der Waals surface area contributed by atoms with Crippen LogP contribution in [0.1, 0.15) is 29.9 Å². The van der Waals surface area contributed by atoms with Gasteiger partial charge in [-0.3, -0.25) is 4.79 Å². The molecule has 0 spiro atoms. The van der Waals surface area contributed by atoms with Crippen LogP contribution in [0.3, 0.4) is 0 Å². The summed E-state index contributed by atoms with van der Waals surface area (Å²) in [6, 6.07) is 8.22. The minimum atomic E-state index is -0.288. The molecule has 1 saturated carbocycles. The number of aryl methyl sites for hydroxylation is 2. The molecular weight excluding hydrogens is 346 g/mol. The van der Waals surface area contributed by atoms with E-state index in [1.54, 1.807) is 11.8 Å². The highest BCUT2D eigenvalue weighted by Gasteiger charge is 2.40. The smallest absolute Gasteiger partial charge is 0.410 e. The van der Waals surface area contributed by atoms with Crippen LogP contribution in [0.2, 0.25) is 0 Å². The largest absolute Gasteiger partial charge is 0.442 e. The number of nitrogens with one attached hydrogen (secondary N) is 1. The van der Waals surface area contributed by atoms with Gasteiger partial charge in [-0.05, 0) is 38.8 Å². The highest BCUT2D eigenvalue weighted by molar-refractivity contribution is 5.78. The van der Waals surface area contributed by atoms with Crippen LogP contribution in [0.25, 0.3) is 11.5 Å². The molecule has 1 N–H and O–H groups in total. The Bertz CT molecular complexity index is 855. The Kier molecular flexibility index (Phi) is 4.59. The third-order valence-electron chi connectivity index (χ3n) is 4.94. The maximum Gasteiger partial charge on any atom is 0.410 e. The van der Waals surface area contributed by atoms with Crippen LogP contribution in [0.15, 0.2) is 28.7 Å². The number of oxazole rings is 1. The second kappa shape index (κ2) is 7.06. The first-order chi connectivity index (χ1) is 13.0. The van der Waals surface area contributed by atoms with Crippen molar-refractivity contribution in [3.05, 3.63) is 41.3 Å². The first kappa shape index (κ1) is 17.6. The van der Waals surface area contributed by atoms with Crippen LogP contribution in [-0.4, -0.2) is 47.1 Å². The molecule has 27 heavy (non-hydrogen) atoms. The van der Waals surface area contributed by atoms with Gasteiger partial charge in [0.1, 0.15) is 11.9 Å². The van der Waals surface area contributed by atoms with Gasteiger partial charge in [0.15, 0.2) is 0 Å². The Labute approximate surface area is 157 Å². The molecule has 2 aliphatic rings. The lowest BCUT2D eigenvalue weighted by Crippen LogP contribution is -2.35. The van der Waals surface area contributed by atoms with E-state index in [0.29, 0.717) is 36.5 Å². The van der Waals surface area contributed by atoms with Crippen LogP contribution < -0.4 is 5.32 Å². The van der Waals surface area contributed by atoms with E-state index in [4.69, 9.17) is 9.15 Å². The van der Waals surface area contributed by atoms with Crippen LogP contribution in [0.5, 0.6) is 0 Å². The number of nitrogens with zero attached hydrogens (tertiary/aromatic N) is 2. The Hall–Kier alpha value is -2.83. The van der Waals surface area contributed by atoms with Crippen molar-refractivity contribution >= 4 is 12.0 Å². The molecule has 2 fully saturated rings. The van der Waals surface area contributed by atoms with Gasteiger partial charge in [0.05, 0.1) is 25.2 Å². The van der Waals surface area contributed by atoms with Crippen LogP contribution >= 0.6 is 0 Å². The van der Waals surface area contributed by atoms with Crippen molar-refractivity contribution in [1.29, 1.82) is 0 Å². The maximum atomic E-state index is 12.3. The number of hydrogen-bond donors (Lipinski definition) is 1. The number of benzene rings is 1. The summed E-state index contributed by atoms with van der Waals surface area (Å²) in [6.07, 6.45) is 1.66. The molecule has 1 aliphatic heterocycles. The second-order valence-corrected chi connectivity index (χ2v) is 7.26. The first-order valence-corrected chi connectivity index (χ1v) is 9.27. The average Bonchev–Trinajstić information content (AvgIpc) is 3.33. The van der Waals surface area contributed by atoms with Crippen molar-refractivity contribution in [2.75, 3.05) is 13.1 Å². The van der Waals surface area contributed by atoms with Crippen LogP contribution in [-0.2, 0) is 16.0 Å². The molecule has 142 valence electrons. The molecule has 1 atom stereocenters. The topological polar surface area (TPSA) is 84.7 Å². The molecule has 2 heterocycles. The van der Waals surface area contributed by atoms with Crippen molar-refractivity contribution in [1.82, 2.24) is 15.2 Å². The van der Waals surface area contributed by atoms with E-state index in [0.717, 1.165) is 24.0 Å². The fourth-order valence-corrected chi connectivity index (χ4v) is 3.19. The second-order valence-electron chi connectivity index (χ2n) is 7.26. The fourth-order valence-electron chi connectivity index (χ4n) is 3.19. The summed E-state index contributed by atoms with van der Waals surface area (Å²) >= 11 is 0. The minimum Gasteiger partial charge on any atom is -0.442 e. The molecule has 1 aromatic heterocycles. The molecule has 7 nitrogen and oxygen atoms in total. The van der Waals surface area contributed by atoms with Crippen molar-refractivity contribution in [2.24, 2.45) is 0 Å². The highest BCUT2D eigenvalue weighted by Crippen LogP contribution is 2.30. The first-order valence-electron chi connectivity index (χ1n) is 9.27. The van der Waals surface area contributed by atoms with Crippen molar-refractivity contribution in [3.8, 4) is 11.5 Å². The molecule has 1 aromatic carbocycles. The van der Waals surface area contributed by atoms with Gasteiger partial charge in [-0.2, -0.15) is 0 Å². The van der Waals surface area contributed by atoms with Gasteiger partial charge < -0.3 is 19.4 Å². The number of cyclic esters (lactones) is 1. The van der Waals surface area contributed by atoms with Crippen molar-refractivity contribution in [2.45, 2.75) is 45.3 Å². The van der Waals surface area contributed by atoms with Crippen LogP contribution in [0.4, 0.5) is 4.79 Å². The zero-order valence-electron chi connectivity index (χ0n) is 15.5. The number of aromatic nitrogens is 1. The summed E-state index contributed by atoms with van der Waals surface area (Å²) in [4.78, 5) is 30.3. The summed E-state index contributed by atoms with van der Waals surface area (Å²) in [5, 5.41) is 2.83. The predicted octanol–water partition coefficient (Wildman–Crippen LogP) is 2.60. The number of hydrogen-bond acceptors (Lipinski definition) is 5. The van der Waals surface area contributed by atoms with E-state index in [1.165, 1.54) is 0 Å². The standard InChI is InChI=1S/C20H23N3O4/c1-12-3-5-14(6-4-12)19-22-17(13(2)26-19)9-18(24)21-10-16-11-23(15-7-8-15)20(25)27-16/h3-6,15-16H,7-11H2,1-2H3,(H,21,24). The van der Waals surface area contributed by atoms with Gasteiger partial charge >= 0.3 is 6.09 Å². The Morgan fingerprint density at radius 2 is 2.00 bits per heavy atom. The third kappa shape index (κ3) is 3.97. The Morgan fingerprint density at radius 1 is 1.26 bits per heavy atom. The number of amides is 2. The third-order valence-corrected chi connectivity index (χ3v) is 4.94. The minimum absolute atomic E-state index is 0.133. The molecule has 0 radical (unpaired) electrons. The zero-order chi connectivity index (χ0) is 19.0. The van der Waals surface area contributed by atoms with E-state index in [-0.39, 0.29) is 24.5 Å². The molecular formula is C20H23N3O4. The monoisotopic (exact) mass is 369 g/mol. The molecule has 1 aliphatic carbocycles. The summed E-state index contributed by atoms with van der Waals surface area (Å²) in [5.41, 5.74) is 2.66. The van der Waals surface area contributed by atoms with E-state index in [1.807, 2.05) is 31.2 Å². The number of carbonyl (C=O) groups is 2. The predicted molar refractivity (Wildman–Crippen MR) is 98.1 cm³/mol. The lowest BCUT2D eigenvalue weighted by molar-refractivity contribution is -0.120. The SMILES string of the molecule is Cc1ccc(-c2nc(CC(=O)NCC3CN(C4CC4)C(=O)O3)c(C)o2)cc1. The maximum absolute atomic E-state index is 12.3. The van der Waals surface area contributed by atoms with E-state index >= 15 is 0 Å². The number of rotatable bonds is 6. The fraction of sp³-hybridized carbons (Fsp3) is 0.450. The molecule has 1 unspecified atom stereocenters. The lowest BCUT2D eigenvalue weighted by atomic mass is 10.1. The van der Waals surface area contributed by atoms with E-state index in [2.05, 4.69) is 10.3 Å². The van der Waals surface area contributed by atoms with Gasteiger partial charge in [0, 0.05) is 11.6 Å². The summed E-state index contributed by atoms with van der Waals surface area (Å²) in [7, 11) is 0. The van der Waals surface area contributed by atoms with Gasteiger partial charge in [-0.25, -0.2) is 9.78 Å². The van der Waals surface area contributed by atoms with Crippen molar-refractivity contribution in [3.63, 3.8) is 0 Å². The van der Waals surface area contributed by atoms with Gasteiger partial charge in [0.25, 0.3) is 0 Å². The average molecular weight is 369 g/mol. The summed E-state index contributed by atoms with van der Waals surface area (Å²) < 4.78 is 11.0. The quantitative estimate of drug-likeness (QED) is 0.846. The number of carbonyl (C=O) groups excluding carboxylic acids is 2. The number of ether oxygens (including phenoxy) is 1. The van der Waals surface area contributed by atoms with Gasteiger partial charge in [0.2, 0.25) is 11.8 Å². The van der Waals surface area contributed by atoms with E-state index < -0.39 is 0 Å². The normalized spacial score (nSPS) is 19.3. The lowest BCUT2D eigenvalue weighted by Gasteiger charge is -2.11. The molecule has 2 amide bonds. The summed E-state index contributed by atoms with van der Waals surface area (Å²) in [5.74, 6) is 0.982. The molecule has 2 aromatic rings. The highest BCUT2D eigenvalue weighted by atomic mass is 16.6. The van der Waals surface area contributed by atoms with E-state index in [9.17, 15) is 9.59 Å². The molecule has 7 heteroatoms. The zero-order valence-corrected chi connectivity index (χ0v) is 15.5. The molecule has 0 bridgehead atoms. The van der Waals surface area contributed by atoms with Crippen molar-refractivity contribution < 1.29 is 18.7 Å². The van der Waals surface area contributed by atoms with Gasteiger partial charge in [-0.1, -0.05) is 17.7 Å². The molecule has 1 saturated heterocycles. The van der Waals surface area contributed by atoms with Gasteiger partial charge in [-0.15, -0.1) is 0 Å². The Morgan fingerprint density at radius 3 is 2.70 bits per heavy atom. The Balaban J connectivity index is 1.32.